The summed E-state index contributed by atoms with van der Waals surface area (Å²) < 4.78 is 6.64. The lowest BCUT2D eigenvalue weighted by Crippen LogP contribution is -2.35. The van der Waals surface area contributed by atoms with Gasteiger partial charge < -0.3 is 10.1 Å². The van der Waals surface area contributed by atoms with E-state index in [0.717, 1.165) is 5.56 Å². The predicted molar refractivity (Wildman–Crippen MR) is 115 cm³/mol. The third-order valence-electron chi connectivity index (χ3n) is 3.91. The van der Waals surface area contributed by atoms with Gasteiger partial charge in [-0.1, -0.05) is 46.9 Å². The number of ether oxygens (including phenoxy) is 1. The normalized spacial score (nSPS) is 12.0. The topological polar surface area (TPSA) is 73.2 Å². The number of amides is 1. The second-order valence-corrected chi connectivity index (χ2v) is 7.33. The zero-order valence-electron chi connectivity index (χ0n) is 15.9. The molecule has 0 fully saturated rings. The van der Waals surface area contributed by atoms with Crippen molar-refractivity contribution in [3.05, 3.63) is 68.9 Å². The molecule has 1 aromatic heterocycles. The average Bonchev–Trinajstić information content (AvgIpc) is 2.93. The molecular weight excluding hydrogens is 437 g/mol. The monoisotopic (exact) mass is 455 g/mol. The highest BCUT2D eigenvalue weighted by Crippen LogP contribution is 2.26. The van der Waals surface area contributed by atoms with Crippen LogP contribution >= 0.6 is 34.8 Å². The summed E-state index contributed by atoms with van der Waals surface area (Å²) >= 11 is 18.5. The number of esters is 1. The lowest BCUT2D eigenvalue weighted by atomic mass is 10.2. The standard InChI is InChI=1S/C20H20Cl3N3O3/c1-4-9-24-20(28)13(3)29-18(27)8-7-16-12(2)25-26(19(16)23)11-14-5-6-15(21)10-17(14)22/h4-8,10,13H,1,9,11H2,2-3H3,(H,24,28)/b8-7+. The molecule has 154 valence electrons. The van der Waals surface area contributed by atoms with Crippen LogP contribution < -0.4 is 5.32 Å². The van der Waals surface area contributed by atoms with E-state index in [1.807, 2.05) is 0 Å². The first-order valence-corrected chi connectivity index (χ1v) is 9.80. The molecule has 0 bridgehead atoms. The van der Waals surface area contributed by atoms with Crippen molar-refractivity contribution < 1.29 is 14.3 Å². The molecule has 2 aromatic rings. The highest BCUT2D eigenvalue weighted by atomic mass is 35.5. The molecule has 1 heterocycles. The van der Waals surface area contributed by atoms with Crippen molar-refractivity contribution in [1.82, 2.24) is 15.1 Å². The van der Waals surface area contributed by atoms with Gasteiger partial charge in [0.25, 0.3) is 5.91 Å². The van der Waals surface area contributed by atoms with Crippen molar-refractivity contribution in [3.8, 4) is 0 Å². The molecule has 9 heteroatoms. The van der Waals surface area contributed by atoms with E-state index in [2.05, 4.69) is 17.0 Å². The molecule has 0 spiro atoms. The van der Waals surface area contributed by atoms with Crippen LogP contribution in [0.15, 0.2) is 36.9 Å². The lowest BCUT2D eigenvalue weighted by molar-refractivity contribution is -0.150. The Morgan fingerprint density at radius 2 is 2.07 bits per heavy atom. The average molecular weight is 457 g/mol. The molecule has 1 aromatic carbocycles. The third-order valence-corrected chi connectivity index (χ3v) is 4.90. The largest absolute Gasteiger partial charge is 0.449 e. The Morgan fingerprint density at radius 3 is 2.72 bits per heavy atom. The fourth-order valence-corrected chi connectivity index (χ4v) is 3.17. The van der Waals surface area contributed by atoms with Crippen molar-refractivity contribution >= 4 is 52.8 Å². The van der Waals surface area contributed by atoms with E-state index in [1.54, 1.807) is 29.8 Å². The molecule has 0 saturated carbocycles. The van der Waals surface area contributed by atoms with Crippen LogP contribution in [0.2, 0.25) is 15.2 Å². The molecule has 6 nitrogen and oxygen atoms in total. The first-order valence-electron chi connectivity index (χ1n) is 8.67. The first-order chi connectivity index (χ1) is 13.7. The molecule has 1 atom stereocenters. The maximum absolute atomic E-state index is 12.0. The van der Waals surface area contributed by atoms with E-state index in [4.69, 9.17) is 39.5 Å². The van der Waals surface area contributed by atoms with Gasteiger partial charge in [0.2, 0.25) is 0 Å². The minimum absolute atomic E-state index is 0.294. The van der Waals surface area contributed by atoms with Crippen LogP contribution in [0.3, 0.4) is 0 Å². The molecule has 0 aliphatic rings. The summed E-state index contributed by atoms with van der Waals surface area (Å²) in [6, 6.07) is 5.17. The van der Waals surface area contributed by atoms with Gasteiger partial charge in [-0.3, -0.25) is 4.79 Å². The van der Waals surface area contributed by atoms with Crippen molar-refractivity contribution in [3.63, 3.8) is 0 Å². The van der Waals surface area contributed by atoms with Crippen LogP contribution in [0.4, 0.5) is 0 Å². The van der Waals surface area contributed by atoms with Gasteiger partial charge >= 0.3 is 5.97 Å². The summed E-state index contributed by atoms with van der Waals surface area (Å²) in [4.78, 5) is 23.7. The minimum Gasteiger partial charge on any atom is -0.449 e. The fraction of sp³-hybridized carbons (Fsp3) is 0.250. The predicted octanol–water partition coefficient (Wildman–Crippen LogP) is 4.45. The Bertz CT molecular complexity index is 954. The Kier molecular flexibility index (Phi) is 8.32. The highest BCUT2D eigenvalue weighted by molar-refractivity contribution is 6.35. The lowest BCUT2D eigenvalue weighted by Gasteiger charge is -2.11. The molecule has 1 amide bonds. The van der Waals surface area contributed by atoms with Gasteiger partial charge in [-0.2, -0.15) is 5.10 Å². The van der Waals surface area contributed by atoms with Crippen molar-refractivity contribution in [2.24, 2.45) is 0 Å². The first kappa shape index (κ1) is 23.0. The van der Waals surface area contributed by atoms with Crippen molar-refractivity contribution in [1.29, 1.82) is 0 Å². The van der Waals surface area contributed by atoms with E-state index in [0.29, 0.717) is 39.5 Å². The summed E-state index contributed by atoms with van der Waals surface area (Å²) in [5.74, 6) is -1.08. The molecular formula is C20H20Cl3N3O3. The minimum atomic E-state index is -0.932. The van der Waals surface area contributed by atoms with E-state index < -0.39 is 18.0 Å². The Hall–Kier alpha value is -2.28. The number of rotatable bonds is 8. The van der Waals surface area contributed by atoms with Gasteiger partial charge in [-0.15, -0.1) is 6.58 Å². The second kappa shape index (κ2) is 10.5. The molecule has 0 radical (unpaired) electrons. The molecule has 0 saturated heterocycles. The number of carbonyl (C=O) groups excluding carboxylic acids is 2. The highest BCUT2D eigenvalue weighted by Gasteiger charge is 2.17. The summed E-state index contributed by atoms with van der Waals surface area (Å²) in [5.41, 5.74) is 1.99. The van der Waals surface area contributed by atoms with E-state index in [9.17, 15) is 9.59 Å². The number of nitrogens with one attached hydrogen (secondary N) is 1. The Labute approximate surface area is 184 Å². The number of hydrogen-bond acceptors (Lipinski definition) is 4. The smallest absolute Gasteiger partial charge is 0.331 e. The van der Waals surface area contributed by atoms with Crippen molar-refractivity contribution in [2.45, 2.75) is 26.5 Å². The molecule has 2 rings (SSSR count). The molecule has 0 aliphatic carbocycles. The van der Waals surface area contributed by atoms with Crippen LogP contribution in [0.5, 0.6) is 0 Å². The summed E-state index contributed by atoms with van der Waals surface area (Å²) in [7, 11) is 0. The van der Waals surface area contributed by atoms with E-state index >= 15 is 0 Å². The second-order valence-electron chi connectivity index (χ2n) is 6.13. The van der Waals surface area contributed by atoms with Crippen LogP contribution in [-0.2, 0) is 20.9 Å². The van der Waals surface area contributed by atoms with E-state index in [-0.39, 0.29) is 0 Å². The van der Waals surface area contributed by atoms with Crippen LogP contribution in [0.1, 0.15) is 23.7 Å². The molecule has 1 N–H and O–H groups in total. The molecule has 0 aliphatic heterocycles. The molecule has 29 heavy (non-hydrogen) atoms. The maximum atomic E-state index is 12.0. The number of benzene rings is 1. The van der Waals surface area contributed by atoms with Gasteiger partial charge in [0.05, 0.1) is 12.2 Å². The summed E-state index contributed by atoms with van der Waals surface area (Å²) in [5, 5.41) is 8.32. The number of hydrogen-bond donors (Lipinski definition) is 1. The zero-order chi connectivity index (χ0) is 21.6. The zero-order valence-corrected chi connectivity index (χ0v) is 18.2. The summed E-state index contributed by atoms with van der Waals surface area (Å²) in [6.07, 6.45) is 3.30. The van der Waals surface area contributed by atoms with Gasteiger partial charge in [0.15, 0.2) is 6.10 Å². The Balaban J connectivity index is 2.08. The number of aromatic nitrogens is 2. The van der Waals surface area contributed by atoms with E-state index in [1.165, 1.54) is 25.2 Å². The maximum Gasteiger partial charge on any atom is 0.331 e. The number of halogens is 3. The van der Waals surface area contributed by atoms with Gasteiger partial charge in [0.1, 0.15) is 5.15 Å². The summed E-state index contributed by atoms with van der Waals surface area (Å²) in [6.45, 7) is 7.39. The third kappa shape index (κ3) is 6.35. The number of nitrogens with zero attached hydrogens (tertiary/aromatic N) is 2. The van der Waals surface area contributed by atoms with Gasteiger partial charge in [-0.05, 0) is 37.6 Å². The van der Waals surface area contributed by atoms with Gasteiger partial charge in [0, 0.05) is 28.2 Å². The SMILES string of the molecule is C=CCNC(=O)C(C)OC(=O)/C=C/c1c(C)nn(Cc2ccc(Cl)cc2Cl)c1Cl. The van der Waals surface area contributed by atoms with Gasteiger partial charge in [-0.25, -0.2) is 9.48 Å². The fourth-order valence-electron chi connectivity index (χ4n) is 2.41. The van der Waals surface area contributed by atoms with Crippen LogP contribution in [-0.4, -0.2) is 34.3 Å². The van der Waals surface area contributed by atoms with Crippen LogP contribution in [0, 0.1) is 6.92 Å². The quantitative estimate of drug-likeness (QED) is 0.362. The number of aryl methyl sites for hydroxylation is 1. The van der Waals surface area contributed by atoms with Crippen molar-refractivity contribution in [2.75, 3.05) is 6.54 Å². The molecule has 1 unspecified atom stereocenters. The Morgan fingerprint density at radius 1 is 1.34 bits per heavy atom. The van der Waals surface area contributed by atoms with Crippen LogP contribution in [0.25, 0.3) is 6.08 Å². The number of carbonyl (C=O) groups is 2.